The Morgan fingerprint density at radius 3 is 2.29 bits per heavy atom. The van der Waals surface area contributed by atoms with E-state index in [0.29, 0.717) is 11.1 Å². The number of sulfone groups is 1. The summed E-state index contributed by atoms with van der Waals surface area (Å²) in [6, 6.07) is 14.4. The van der Waals surface area contributed by atoms with Gasteiger partial charge in [0.1, 0.15) is 16.7 Å². The van der Waals surface area contributed by atoms with Gasteiger partial charge in [0.2, 0.25) is 9.84 Å². The van der Waals surface area contributed by atoms with E-state index >= 15 is 0 Å². The number of rotatable bonds is 3. The molecule has 1 N–H and O–H groups in total. The lowest BCUT2D eigenvalue weighted by Gasteiger charge is -2.20. The van der Waals surface area contributed by atoms with Crippen molar-refractivity contribution in [2.24, 2.45) is 0 Å². The molecular formula is C19H19NO3S. The normalized spacial score (nSPS) is 12.7. The van der Waals surface area contributed by atoms with E-state index in [4.69, 9.17) is 0 Å². The maximum absolute atomic E-state index is 12.6. The molecule has 0 spiro atoms. The highest BCUT2D eigenvalue weighted by Gasteiger charge is 2.22. The van der Waals surface area contributed by atoms with Gasteiger partial charge in [0.15, 0.2) is 0 Å². The molecule has 0 bridgehead atoms. The van der Waals surface area contributed by atoms with Gasteiger partial charge < -0.3 is 5.11 Å². The van der Waals surface area contributed by atoms with Crippen molar-refractivity contribution >= 4 is 15.9 Å². The van der Waals surface area contributed by atoms with Gasteiger partial charge in [-0.05, 0) is 46.9 Å². The maximum Gasteiger partial charge on any atom is 0.216 e. The fourth-order valence-corrected chi connectivity index (χ4v) is 3.47. The van der Waals surface area contributed by atoms with Crippen molar-refractivity contribution in [1.82, 2.24) is 0 Å². The SMILES string of the molecule is CC(C)(C)c1cc(/C=C(/C#N)S(=O)(=O)c2ccccc2)ccc1O. The van der Waals surface area contributed by atoms with Crippen LogP contribution in [0.3, 0.4) is 0 Å². The van der Waals surface area contributed by atoms with Gasteiger partial charge in [0, 0.05) is 0 Å². The standard InChI is InChI=1S/C19H19NO3S/c1-19(2,3)17-12-14(9-10-18(17)21)11-16(13-20)24(22,23)15-7-5-4-6-8-15/h4-12,21H,1-3H3/b16-11-. The smallest absolute Gasteiger partial charge is 0.216 e. The summed E-state index contributed by atoms with van der Waals surface area (Å²) >= 11 is 0. The van der Waals surface area contributed by atoms with E-state index in [1.165, 1.54) is 24.3 Å². The van der Waals surface area contributed by atoms with Crippen molar-refractivity contribution in [3.63, 3.8) is 0 Å². The van der Waals surface area contributed by atoms with Crippen LogP contribution < -0.4 is 0 Å². The molecule has 0 saturated heterocycles. The third-order valence-corrected chi connectivity index (χ3v) is 5.26. The van der Waals surface area contributed by atoms with Crippen molar-refractivity contribution in [2.45, 2.75) is 31.1 Å². The first kappa shape index (κ1) is 17.8. The third-order valence-electron chi connectivity index (χ3n) is 3.58. The Kier molecular flexibility index (Phi) is 4.81. The number of phenols is 1. The number of allylic oxidation sites excluding steroid dienone is 1. The molecule has 0 aliphatic rings. The molecule has 0 aromatic heterocycles. The van der Waals surface area contributed by atoms with Gasteiger partial charge in [-0.1, -0.05) is 45.0 Å². The van der Waals surface area contributed by atoms with E-state index < -0.39 is 9.84 Å². The van der Waals surface area contributed by atoms with Crippen LogP contribution in [0.4, 0.5) is 0 Å². The van der Waals surface area contributed by atoms with E-state index in [0.717, 1.165) is 0 Å². The average molecular weight is 341 g/mol. The van der Waals surface area contributed by atoms with Gasteiger partial charge in [0.05, 0.1) is 4.90 Å². The second-order valence-corrected chi connectivity index (χ2v) is 8.38. The van der Waals surface area contributed by atoms with Crippen LogP contribution in [0.1, 0.15) is 31.9 Å². The van der Waals surface area contributed by atoms with Crippen molar-refractivity contribution in [3.05, 3.63) is 64.6 Å². The van der Waals surface area contributed by atoms with Gasteiger partial charge in [-0.3, -0.25) is 0 Å². The quantitative estimate of drug-likeness (QED) is 0.855. The zero-order valence-corrected chi connectivity index (χ0v) is 14.6. The molecule has 4 nitrogen and oxygen atoms in total. The third kappa shape index (κ3) is 3.66. The summed E-state index contributed by atoms with van der Waals surface area (Å²) in [5.74, 6) is 0.143. The van der Waals surface area contributed by atoms with Crippen molar-refractivity contribution in [1.29, 1.82) is 5.26 Å². The summed E-state index contributed by atoms with van der Waals surface area (Å²) in [5.41, 5.74) is 0.929. The number of phenolic OH excluding ortho intramolecular Hbond substituents is 1. The van der Waals surface area contributed by atoms with Gasteiger partial charge in [-0.25, -0.2) is 8.42 Å². The monoisotopic (exact) mass is 341 g/mol. The second kappa shape index (κ2) is 6.50. The van der Waals surface area contributed by atoms with E-state index in [1.54, 1.807) is 36.4 Å². The molecule has 0 aliphatic heterocycles. The topological polar surface area (TPSA) is 78.2 Å². The van der Waals surface area contributed by atoms with Gasteiger partial charge in [0.25, 0.3) is 0 Å². The molecule has 5 heteroatoms. The fourth-order valence-electron chi connectivity index (χ4n) is 2.29. The van der Waals surface area contributed by atoms with Crippen LogP contribution in [0.5, 0.6) is 5.75 Å². The second-order valence-electron chi connectivity index (χ2n) is 6.46. The Bertz CT molecular complexity index is 915. The first-order valence-corrected chi connectivity index (χ1v) is 8.90. The fraction of sp³-hybridized carbons (Fsp3) is 0.211. The van der Waals surface area contributed by atoms with Crippen LogP contribution in [0.15, 0.2) is 58.3 Å². The molecule has 0 atom stereocenters. The van der Waals surface area contributed by atoms with Gasteiger partial charge in [-0.15, -0.1) is 0 Å². The highest BCUT2D eigenvalue weighted by molar-refractivity contribution is 7.95. The minimum Gasteiger partial charge on any atom is -0.508 e. The van der Waals surface area contributed by atoms with Crippen LogP contribution in [-0.2, 0) is 15.3 Å². The van der Waals surface area contributed by atoms with E-state index in [9.17, 15) is 18.8 Å². The highest BCUT2D eigenvalue weighted by Crippen LogP contribution is 2.32. The number of nitrogens with zero attached hydrogens (tertiary/aromatic N) is 1. The molecule has 0 radical (unpaired) electrons. The molecule has 0 unspecified atom stereocenters. The number of aromatic hydroxyl groups is 1. The summed E-state index contributed by atoms with van der Waals surface area (Å²) in [4.78, 5) is -0.258. The lowest BCUT2D eigenvalue weighted by atomic mass is 9.85. The largest absolute Gasteiger partial charge is 0.508 e. The van der Waals surface area contributed by atoms with Crippen molar-refractivity contribution < 1.29 is 13.5 Å². The average Bonchev–Trinajstić information content (AvgIpc) is 2.53. The molecule has 0 aliphatic carbocycles. The Balaban J connectivity index is 2.55. The number of hydrogen-bond donors (Lipinski definition) is 1. The Morgan fingerprint density at radius 2 is 1.75 bits per heavy atom. The number of nitriles is 1. The molecule has 124 valence electrons. The molecule has 2 aromatic carbocycles. The van der Waals surface area contributed by atoms with Crippen LogP contribution in [0.2, 0.25) is 0 Å². The Hall–Kier alpha value is -2.58. The van der Waals surface area contributed by atoms with Crippen LogP contribution in [0, 0.1) is 11.3 Å². The number of benzene rings is 2. The molecule has 0 heterocycles. The molecule has 24 heavy (non-hydrogen) atoms. The van der Waals surface area contributed by atoms with E-state index in [-0.39, 0.29) is 21.0 Å². The Morgan fingerprint density at radius 1 is 1.12 bits per heavy atom. The van der Waals surface area contributed by atoms with Crippen LogP contribution >= 0.6 is 0 Å². The minimum absolute atomic E-state index is 0.0765. The summed E-state index contributed by atoms with van der Waals surface area (Å²) in [6.07, 6.45) is 1.33. The lowest BCUT2D eigenvalue weighted by molar-refractivity contribution is 0.446. The Labute approximate surface area is 142 Å². The first-order valence-electron chi connectivity index (χ1n) is 7.41. The van der Waals surface area contributed by atoms with Crippen LogP contribution in [-0.4, -0.2) is 13.5 Å². The summed E-state index contributed by atoms with van der Waals surface area (Å²) in [6.45, 7) is 5.84. The summed E-state index contributed by atoms with van der Waals surface area (Å²) in [7, 11) is -3.87. The molecule has 2 rings (SSSR count). The lowest BCUT2D eigenvalue weighted by Crippen LogP contribution is -2.11. The predicted molar refractivity (Wildman–Crippen MR) is 94.0 cm³/mol. The van der Waals surface area contributed by atoms with Crippen molar-refractivity contribution in [3.8, 4) is 11.8 Å². The maximum atomic E-state index is 12.6. The van der Waals surface area contributed by atoms with Gasteiger partial charge in [-0.2, -0.15) is 5.26 Å². The van der Waals surface area contributed by atoms with Crippen molar-refractivity contribution in [2.75, 3.05) is 0 Å². The highest BCUT2D eigenvalue weighted by atomic mass is 32.2. The zero-order valence-electron chi connectivity index (χ0n) is 13.8. The summed E-state index contributed by atoms with van der Waals surface area (Å²) in [5, 5.41) is 19.3. The predicted octanol–water partition coefficient (Wildman–Crippen LogP) is 4.03. The summed E-state index contributed by atoms with van der Waals surface area (Å²) < 4.78 is 25.2. The molecule has 2 aromatic rings. The molecule has 0 saturated carbocycles. The zero-order chi connectivity index (χ0) is 18.0. The minimum atomic E-state index is -3.87. The van der Waals surface area contributed by atoms with E-state index in [1.807, 2.05) is 20.8 Å². The number of hydrogen-bond acceptors (Lipinski definition) is 4. The van der Waals surface area contributed by atoms with E-state index in [2.05, 4.69) is 0 Å². The first-order chi connectivity index (χ1) is 11.2. The molecule has 0 amide bonds. The van der Waals surface area contributed by atoms with Gasteiger partial charge >= 0.3 is 0 Å². The molecule has 0 fully saturated rings. The molecular weight excluding hydrogens is 322 g/mol. The van der Waals surface area contributed by atoms with Crippen LogP contribution in [0.25, 0.3) is 6.08 Å².